The number of benzene rings is 3. The molecule has 0 aliphatic carbocycles. The van der Waals surface area contributed by atoms with Crippen molar-refractivity contribution in [2.24, 2.45) is 17.3 Å². The molecule has 0 bridgehead atoms. The Kier molecular flexibility index (Phi) is 11.2. The molecule has 5 heteroatoms. The van der Waals surface area contributed by atoms with Crippen LogP contribution in [-0.2, 0) is 29.2 Å². The van der Waals surface area contributed by atoms with E-state index in [-0.39, 0.29) is 30.6 Å². The first-order valence-corrected chi connectivity index (χ1v) is 15.7. The van der Waals surface area contributed by atoms with E-state index >= 15 is 0 Å². The van der Waals surface area contributed by atoms with Crippen LogP contribution in [0, 0.1) is 17.3 Å². The van der Waals surface area contributed by atoms with Crippen molar-refractivity contribution in [2.75, 3.05) is 20.3 Å². The summed E-state index contributed by atoms with van der Waals surface area (Å²) in [5.74, 6) is -0.329. The Hall–Kier alpha value is -3.44. The number of ether oxygens (including phenoxy) is 3. The predicted molar refractivity (Wildman–Crippen MR) is 171 cm³/mol. The molecule has 0 radical (unpaired) electrons. The second-order valence-electron chi connectivity index (χ2n) is 12.8. The summed E-state index contributed by atoms with van der Waals surface area (Å²) < 4.78 is 16.2. The van der Waals surface area contributed by atoms with Gasteiger partial charge in [0.05, 0.1) is 25.0 Å². The van der Waals surface area contributed by atoms with Gasteiger partial charge in [0, 0.05) is 5.41 Å². The van der Waals surface area contributed by atoms with Crippen LogP contribution in [0.4, 0.5) is 0 Å². The number of carbonyl (C=O) groups excluding carboxylic acids is 2. The standard InChI is InChI=1S/C38H48O5/c1-6-28(2)22-31(30-16-10-7-11-17-30)24-38(32-18-12-8-13-19-32,33-20-14-9-15-21-33)27-37(4,36(40)41-5)23-29(3)35(39)43-26-34-25-42-34/h7-21,28-29,31,34H,6,22-27H2,1-5H3. The molecule has 1 fully saturated rings. The third-order valence-electron chi connectivity index (χ3n) is 9.25. The summed E-state index contributed by atoms with van der Waals surface area (Å²) in [6.45, 7) is 9.25. The van der Waals surface area contributed by atoms with Crippen LogP contribution in [0.15, 0.2) is 91.0 Å². The van der Waals surface area contributed by atoms with E-state index in [1.165, 1.54) is 12.7 Å². The van der Waals surface area contributed by atoms with E-state index in [9.17, 15) is 9.59 Å². The molecule has 1 heterocycles. The zero-order chi connectivity index (χ0) is 30.9. The van der Waals surface area contributed by atoms with E-state index < -0.39 is 16.7 Å². The SMILES string of the molecule is CCC(C)CC(CC(CC(C)(CC(C)C(=O)OCC1CO1)C(=O)OC)(c1ccccc1)c1ccccc1)c1ccccc1. The molecule has 0 N–H and O–H groups in total. The summed E-state index contributed by atoms with van der Waals surface area (Å²) in [5.41, 5.74) is 2.11. The van der Waals surface area contributed by atoms with Gasteiger partial charge in [-0.15, -0.1) is 0 Å². The van der Waals surface area contributed by atoms with Crippen LogP contribution >= 0.6 is 0 Å². The Morgan fingerprint density at radius 2 is 1.42 bits per heavy atom. The Balaban J connectivity index is 1.83. The zero-order valence-electron chi connectivity index (χ0n) is 26.5. The van der Waals surface area contributed by atoms with Gasteiger partial charge in [-0.1, -0.05) is 118 Å². The highest BCUT2D eigenvalue weighted by molar-refractivity contribution is 5.79. The van der Waals surface area contributed by atoms with Crippen molar-refractivity contribution in [1.82, 2.24) is 0 Å². The maximum atomic E-state index is 13.8. The quantitative estimate of drug-likeness (QED) is 0.126. The molecule has 5 nitrogen and oxygen atoms in total. The molecule has 1 aliphatic rings. The van der Waals surface area contributed by atoms with E-state index in [1.807, 2.05) is 26.0 Å². The highest BCUT2D eigenvalue weighted by Gasteiger charge is 2.48. The molecule has 230 valence electrons. The number of methoxy groups -OCH3 is 1. The lowest BCUT2D eigenvalue weighted by Crippen LogP contribution is -2.42. The number of rotatable bonds is 16. The molecule has 3 aromatic carbocycles. The highest BCUT2D eigenvalue weighted by Crippen LogP contribution is 2.51. The molecule has 1 aliphatic heterocycles. The van der Waals surface area contributed by atoms with Gasteiger partial charge in [0.1, 0.15) is 12.7 Å². The van der Waals surface area contributed by atoms with Gasteiger partial charge in [0.2, 0.25) is 0 Å². The fourth-order valence-corrected chi connectivity index (χ4v) is 6.71. The smallest absolute Gasteiger partial charge is 0.311 e. The Bertz CT molecular complexity index is 1250. The first-order chi connectivity index (χ1) is 20.7. The third kappa shape index (κ3) is 8.35. The minimum absolute atomic E-state index is 0.00705. The van der Waals surface area contributed by atoms with Gasteiger partial charge < -0.3 is 14.2 Å². The van der Waals surface area contributed by atoms with Crippen molar-refractivity contribution in [2.45, 2.75) is 77.2 Å². The van der Waals surface area contributed by atoms with Crippen molar-refractivity contribution >= 4 is 11.9 Å². The number of epoxide rings is 1. The van der Waals surface area contributed by atoms with Gasteiger partial charge in [-0.05, 0) is 61.1 Å². The molecule has 4 rings (SSSR count). The third-order valence-corrected chi connectivity index (χ3v) is 9.25. The topological polar surface area (TPSA) is 65.1 Å². The molecule has 0 aromatic heterocycles. The Morgan fingerprint density at radius 3 is 1.91 bits per heavy atom. The molecule has 0 amide bonds. The van der Waals surface area contributed by atoms with E-state index in [1.54, 1.807) is 0 Å². The minimum Gasteiger partial charge on any atom is -0.469 e. The van der Waals surface area contributed by atoms with Gasteiger partial charge in [0.25, 0.3) is 0 Å². The van der Waals surface area contributed by atoms with E-state index in [0.717, 1.165) is 30.4 Å². The molecule has 0 spiro atoms. The summed E-state index contributed by atoms with van der Waals surface area (Å²) in [6.07, 6.45) is 3.72. The zero-order valence-corrected chi connectivity index (χ0v) is 26.5. The van der Waals surface area contributed by atoms with Gasteiger partial charge in [-0.3, -0.25) is 9.59 Å². The molecular weight excluding hydrogens is 536 g/mol. The summed E-state index contributed by atoms with van der Waals surface area (Å²) in [5, 5.41) is 0. The fourth-order valence-electron chi connectivity index (χ4n) is 6.71. The summed E-state index contributed by atoms with van der Waals surface area (Å²) in [4.78, 5) is 26.9. The number of esters is 2. The molecule has 0 saturated carbocycles. The van der Waals surface area contributed by atoms with Crippen molar-refractivity contribution in [3.63, 3.8) is 0 Å². The van der Waals surface area contributed by atoms with Crippen LogP contribution in [0.5, 0.6) is 0 Å². The van der Waals surface area contributed by atoms with E-state index in [0.29, 0.717) is 25.4 Å². The van der Waals surface area contributed by atoms with Crippen molar-refractivity contribution in [3.8, 4) is 0 Å². The van der Waals surface area contributed by atoms with Gasteiger partial charge in [-0.25, -0.2) is 0 Å². The van der Waals surface area contributed by atoms with Crippen LogP contribution < -0.4 is 0 Å². The first-order valence-electron chi connectivity index (χ1n) is 15.7. The van der Waals surface area contributed by atoms with E-state index in [4.69, 9.17) is 14.2 Å². The molecule has 3 aromatic rings. The molecule has 43 heavy (non-hydrogen) atoms. The second kappa shape index (κ2) is 14.8. The van der Waals surface area contributed by atoms with Crippen LogP contribution in [0.1, 0.15) is 82.4 Å². The van der Waals surface area contributed by atoms with Gasteiger partial charge >= 0.3 is 11.9 Å². The lowest BCUT2D eigenvalue weighted by Gasteiger charge is -2.44. The van der Waals surface area contributed by atoms with Crippen LogP contribution in [0.3, 0.4) is 0 Å². The maximum absolute atomic E-state index is 13.8. The number of hydrogen-bond acceptors (Lipinski definition) is 5. The monoisotopic (exact) mass is 584 g/mol. The maximum Gasteiger partial charge on any atom is 0.311 e. The molecular formula is C38H48O5. The molecule has 1 saturated heterocycles. The normalized spacial score (nSPS) is 18.1. The van der Waals surface area contributed by atoms with Gasteiger partial charge in [-0.2, -0.15) is 0 Å². The minimum atomic E-state index is -0.966. The number of hydrogen-bond donors (Lipinski definition) is 0. The molecule has 5 unspecified atom stereocenters. The lowest BCUT2D eigenvalue weighted by atomic mass is 9.59. The van der Waals surface area contributed by atoms with Gasteiger partial charge in [0.15, 0.2) is 0 Å². The molecule has 5 atom stereocenters. The lowest BCUT2D eigenvalue weighted by molar-refractivity contribution is -0.157. The average Bonchev–Trinajstić information content (AvgIpc) is 3.88. The van der Waals surface area contributed by atoms with Crippen molar-refractivity contribution < 1.29 is 23.8 Å². The summed E-state index contributed by atoms with van der Waals surface area (Å²) >= 11 is 0. The van der Waals surface area contributed by atoms with Crippen molar-refractivity contribution in [1.29, 1.82) is 0 Å². The summed E-state index contributed by atoms with van der Waals surface area (Å²) in [6, 6.07) is 31.9. The first kappa shape index (κ1) is 32.5. The van der Waals surface area contributed by atoms with E-state index in [2.05, 4.69) is 92.7 Å². The second-order valence-corrected chi connectivity index (χ2v) is 12.8. The van der Waals surface area contributed by atoms with Crippen LogP contribution in [0.2, 0.25) is 0 Å². The van der Waals surface area contributed by atoms with Crippen molar-refractivity contribution in [3.05, 3.63) is 108 Å². The number of carbonyl (C=O) groups is 2. The fraction of sp³-hybridized carbons (Fsp3) is 0.474. The Labute approximate surface area is 258 Å². The predicted octanol–water partition coefficient (Wildman–Crippen LogP) is 8.12. The highest BCUT2D eigenvalue weighted by atomic mass is 16.6. The summed E-state index contributed by atoms with van der Waals surface area (Å²) in [7, 11) is 1.44. The van der Waals surface area contributed by atoms with Crippen LogP contribution in [0.25, 0.3) is 0 Å². The Morgan fingerprint density at radius 1 is 0.884 bits per heavy atom. The average molecular weight is 585 g/mol. The largest absolute Gasteiger partial charge is 0.469 e. The van der Waals surface area contributed by atoms with Crippen LogP contribution in [-0.4, -0.2) is 38.4 Å².